The number of hydrogen-bond acceptors (Lipinski definition) is 4. The van der Waals surface area contributed by atoms with Crippen LogP contribution >= 0.6 is 11.3 Å². The van der Waals surface area contributed by atoms with Gasteiger partial charge in [-0.3, -0.25) is 14.2 Å². The molecule has 140 valence electrons. The van der Waals surface area contributed by atoms with E-state index in [1.165, 1.54) is 6.07 Å². The maximum absolute atomic E-state index is 12.9. The molecule has 0 spiro atoms. The minimum atomic E-state index is -0.476. The van der Waals surface area contributed by atoms with Crippen molar-refractivity contribution in [2.75, 3.05) is 0 Å². The fraction of sp³-hybridized carbons (Fsp3) is 0.0952. The number of nitrogens with zero attached hydrogens (tertiary/aromatic N) is 1. The number of thiophene rings is 1. The average molecular weight is 391 g/mol. The molecule has 2 N–H and O–H groups in total. The lowest BCUT2D eigenvalue weighted by molar-refractivity contribution is 0.0951. The summed E-state index contributed by atoms with van der Waals surface area (Å²) in [4.78, 5) is 41.4. The van der Waals surface area contributed by atoms with E-state index in [0.717, 1.165) is 15.0 Å². The van der Waals surface area contributed by atoms with Gasteiger partial charge in [-0.05, 0) is 35.2 Å². The van der Waals surface area contributed by atoms with Crippen LogP contribution in [0.3, 0.4) is 0 Å². The number of benzene rings is 2. The zero-order chi connectivity index (χ0) is 19.5. The van der Waals surface area contributed by atoms with Crippen molar-refractivity contribution in [2.24, 2.45) is 0 Å². The maximum atomic E-state index is 12.9. The molecule has 2 aromatic carbocycles. The van der Waals surface area contributed by atoms with Crippen LogP contribution in [0.4, 0.5) is 0 Å². The molecular formula is C21H17N3O3S. The summed E-state index contributed by atoms with van der Waals surface area (Å²) in [7, 11) is 0. The molecule has 0 aliphatic heterocycles. The smallest absolute Gasteiger partial charge is 0.329 e. The summed E-state index contributed by atoms with van der Waals surface area (Å²) in [5.41, 5.74) is 0.736. The Kier molecular flexibility index (Phi) is 4.90. The molecule has 0 aliphatic carbocycles. The molecule has 6 nitrogen and oxygen atoms in total. The van der Waals surface area contributed by atoms with Gasteiger partial charge in [0, 0.05) is 10.4 Å². The van der Waals surface area contributed by atoms with Crippen LogP contribution in [0.15, 0.2) is 75.6 Å². The molecular weight excluding hydrogens is 374 g/mol. The Bertz CT molecular complexity index is 1240. The lowest BCUT2D eigenvalue weighted by Gasteiger charge is -2.08. The minimum Gasteiger partial charge on any atom is -0.347 e. The summed E-state index contributed by atoms with van der Waals surface area (Å²) in [6.45, 7) is 0.595. The topological polar surface area (TPSA) is 84.0 Å². The normalized spacial score (nSPS) is 10.9. The van der Waals surface area contributed by atoms with Gasteiger partial charge in [0.05, 0.1) is 24.0 Å². The zero-order valence-electron chi connectivity index (χ0n) is 14.8. The number of carbonyl (C=O) groups excluding carboxylic acids is 1. The van der Waals surface area contributed by atoms with E-state index in [9.17, 15) is 14.4 Å². The molecule has 2 aromatic heterocycles. The Morgan fingerprint density at radius 3 is 2.61 bits per heavy atom. The van der Waals surface area contributed by atoms with E-state index in [2.05, 4.69) is 10.3 Å². The first-order chi connectivity index (χ1) is 13.6. The van der Waals surface area contributed by atoms with Crippen LogP contribution in [0, 0.1) is 0 Å². The highest BCUT2D eigenvalue weighted by molar-refractivity contribution is 7.09. The van der Waals surface area contributed by atoms with Gasteiger partial charge in [0.1, 0.15) is 0 Å². The van der Waals surface area contributed by atoms with E-state index < -0.39 is 11.2 Å². The number of aromatic amines is 1. The second kappa shape index (κ2) is 7.66. The highest BCUT2D eigenvalue weighted by Crippen LogP contribution is 2.11. The maximum Gasteiger partial charge on any atom is 0.329 e. The van der Waals surface area contributed by atoms with Gasteiger partial charge in [0.2, 0.25) is 0 Å². The predicted molar refractivity (Wildman–Crippen MR) is 110 cm³/mol. The Balaban J connectivity index is 1.67. The second-order valence-corrected chi connectivity index (χ2v) is 7.36. The van der Waals surface area contributed by atoms with Crippen molar-refractivity contribution >= 4 is 28.1 Å². The largest absolute Gasteiger partial charge is 0.347 e. The average Bonchev–Trinajstić information content (AvgIpc) is 3.23. The highest BCUT2D eigenvalue weighted by atomic mass is 32.1. The van der Waals surface area contributed by atoms with Gasteiger partial charge in [-0.15, -0.1) is 11.3 Å². The molecule has 0 saturated carbocycles. The van der Waals surface area contributed by atoms with Crippen LogP contribution in [-0.2, 0) is 13.1 Å². The summed E-state index contributed by atoms with van der Waals surface area (Å²) in [5, 5.41) is 5.09. The number of rotatable bonds is 5. The SMILES string of the molecule is O=C(NCc1cccs1)c1ccc2[nH]c(=O)n(Cc3ccccc3)c(=O)c2c1. The summed E-state index contributed by atoms with van der Waals surface area (Å²) in [6.07, 6.45) is 0. The molecule has 0 unspecified atom stereocenters. The first-order valence-corrected chi connectivity index (χ1v) is 9.61. The second-order valence-electron chi connectivity index (χ2n) is 6.33. The first-order valence-electron chi connectivity index (χ1n) is 8.73. The first kappa shape index (κ1) is 17.9. The zero-order valence-corrected chi connectivity index (χ0v) is 15.7. The fourth-order valence-corrected chi connectivity index (χ4v) is 3.63. The Labute approximate surface area is 164 Å². The lowest BCUT2D eigenvalue weighted by atomic mass is 10.1. The summed E-state index contributed by atoms with van der Waals surface area (Å²) in [5.74, 6) is -0.268. The molecule has 0 fully saturated rings. The van der Waals surface area contributed by atoms with Crippen molar-refractivity contribution in [3.63, 3.8) is 0 Å². The number of amides is 1. The molecule has 1 amide bonds. The number of H-pyrrole nitrogens is 1. The molecule has 4 rings (SSSR count). The third kappa shape index (κ3) is 3.65. The van der Waals surface area contributed by atoms with Crippen molar-refractivity contribution in [1.82, 2.24) is 14.9 Å². The van der Waals surface area contributed by atoms with E-state index in [1.807, 2.05) is 47.8 Å². The number of hydrogen-bond donors (Lipinski definition) is 2. The van der Waals surface area contributed by atoms with Crippen molar-refractivity contribution in [1.29, 1.82) is 0 Å². The monoisotopic (exact) mass is 391 g/mol. The third-order valence-corrected chi connectivity index (χ3v) is 5.31. The molecule has 7 heteroatoms. The van der Waals surface area contributed by atoms with Gasteiger partial charge in [0.25, 0.3) is 11.5 Å². The summed E-state index contributed by atoms with van der Waals surface area (Å²) in [6, 6.07) is 17.9. The van der Waals surface area contributed by atoms with Gasteiger partial charge in [-0.2, -0.15) is 0 Å². The number of aromatic nitrogens is 2. The van der Waals surface area contributed by atoms with Crippen LogP contribution in [0.1, 0.15) is 20.8 Å². The molecule has 0 aliphatic rings. The van der Waals surface area contributed by atoms with E-state index in [1.54, 1.807) is 23.5 Å². The van der Waals surface area contributed by atoms with Crippen LogP contribution < -0.4 is 16.6 Å². The van der Waals surface area contributed by atoms with Crippen molar-refractivity contribution < 1.29 is 4.79 Å². The van der Waals surface area contributed by atoms with Crippen LogP contribution in [0.2, 0.25) is 0 Å². The van der Waals surface area contributed by atoms with Gasteiger partial charge in [-0.1, -0.05) is 36.4 Å². The van der Waals surface area contributed by atoms with E-state index in [4.69, 9.17) is 0 Å². The highest BCUT2D eigenvalue weighted by Gasteiger charge is 2.12. The summed E-state index contributed by atoms with van der Waals surface area (Å²) >= 11 is 1.56. The fourth-order valence-electron chi connectivity index (χ4n) is 2.98. The van der Waals surface area contributed by atoms with Crippen LogP contribution in [-0.4, -0.2) is 15.5 Å². The lowest BCUT2D eigenvalue weighted by Crippen LogP contribution is -2.35. The number of carbonyl (C=O) groups is 1. The van der Waals surface area contributed by atoms with Crippen molar-refractivity contribution in [3.8, 4) is 0 Å². The molecule has 0 saturated heterocycles. The predicted octanol–water partition coefficient (Wildman–Crippen LogP) is 2.73. The van der Waals surface area contributed by atoms with E-state index >= 15 is 0 Å². The molecule has 28 heavy (non-hydrogen) atoms. The number of nitrogens with one attached hydrogen (secondary N) is 2. The van der Waals surface area contributed by atoms with Gasteiger partial charge in [0.15, 0.2) is 0 Å². The van der Waals surface area contributed by atoms with Gasteiger partial charge < -0.3 is 10.3 Å². The molecule has 0 bridgehead atoms. The van der Waals surface area contributed by atoms with Gasteiger partial charge in [-0.25, -0.2) is 4.79 Å². The van der Waals surface area contributed by atoms with Gasteiger partial charge >= 0.3 is 5.69 Å². The van der Waals surface area contributed by atoms with Crippen molar-refractivity contribution in [2.45, 2.75) is 13.1 Å². The summed E-state index contributed by atoms with van der Waals surface area (Å²) < 4.78 is 1.14. The van der Waals surface area contributed by atoms with E-state index in [-0.39, 0.29) is 12.5 Å². The quantitative estimate of drug-likeness (QED) is 0.549. The Hall–Kier alpha value is -3.45. The third-order valence-electron chi connectivity index (χ3n) is 4.43. The molecule has 0 atom stereocenters. The van der Waals surface area contributed by atoms with Crippen LogP contribution in [0.25, 0.3) is 10.9 Å². The van der Waals surface area contributed by atoms with E-state index in [0.29, 0.717) is 23.0 Å². The standard InChI is InChI=1S/C21H17N3O3S/c25-19(22-12-16-7-4-10-28-16)15-8-9-18-17(11-15)20(26)24(21(27)23-18)13-14-5-2-1-3-6-14/h1-11H,12-13H2,(H,22,25)(H,23,27). The molecule has 0 radical (unpaired) electrons. The Morgan fingerprint density at radius 2 is 1.86 bits per heavy atom. The molecule has 2 heterocycles. The van der Waals surface area contributed by atoms with Crippen molar-refractivity contribution in [3.05, 3.63) is 103 Å². The van der Waals surface area contributed by atoms with Crippen LogP contribution in [0.5, 0.6) is 0 Å². The number of fused-ring (bicyclic) bond motifs is 1. The Morgan fingerprint density at radius 1 is 1.04 bits per heavy atom. The minimum absolute atomic E-state index is 0.166. The molecule has 4 aromatic rings.